The molecule has 0 bridgehead atoms. The average molecular weight is 192 g/mol. The van der Waals surface area contributed by atoms with Crippen molar-refractivity contribution in [1.29, 1.82) is 0 Å². The summed E-state index contributed by atoms with van der Waals surface area (Å²) in [5.74, 6) is 0. The van der Waals surface area contributed by atoms with Crippen LogP contribution in [0, 0.1) is 0 Å². The maximum Gasteiger partial charge on any atom is 0.381 e. The van der Waals surface area contributed by atoms with E-state index < -0.39 is 0 Å². The number of rotatable bonds is 6. The molecule has 0 unspecified atom stereocenters. The van der Waals surface area contributed by atoms with Gasteiger partial charge in [-0.2, -0.15) is 0 Å². The average Bonchev–Trinajstić information content (AvgIpc) is 1.89. The normalized spacial score (nSPS) is 9.56. The fourth-order valence-corrected chi connectivity index (χ4v) is 0.844. The topological polar surface area (TPSA) is 9.23 Å². The molecule has 9 heavy (non-hydrogen) atoms. The molecule has 0 fully saturated rings. The van der Waals surface area contributed by atoms with Crippen molar-refractivity contribution in [3.8, 4) is 0 Å². The minimum atomic E-state index is 0.852. The largest absolute Gasteiger partial charge is 0.428 e. The third-order valence-corrected chi connectivity index (χ3v) is 1.44. The van der Waals surface area contributed by atoms with Gasteiger partial charge in [0.15, 0.2) is 0 Å². The fourth-order valence-electron chi connectivity index (χ4n) is 0.657. The van der Waals surface area contributed by atoms with Crippen molar-refractivity contribution < 1.29 is 4.65 Å². The van der Waals surface area contributed by atoms with Gasteiger partial charge in [-0.05, 0) is 6.42 Å². The summed E-state index contributed by atoms with van der Waals surface area (Å²) in [6.45, 7) is 3.06. The van der Waals surface area contributed by atoms with E-state index in [1.165, 1.54) is 25.7 Å². The molecule has 0 amide bonds. The van der Waals surface area contributed by atoms with Crippen molar-refractivity contribution in [2.45, 2.75) is 32.6 Å². The van der Waals surface area contributed by atoms with E-state index in [1.807, 2.05) is 0 Å². The smallest absolute Gasteiger partial charge is 0.381 e. The van der Waals surface area contributed by atoms with Crippen molar-refractivity contribution in [1.82, 2.24) is 0 Å². The summed E-state index contributed by atoms with van der Waals surface area (Å²) in [6, 6.07) is 0. The zero-order chi connectivity index (χ0) is 6.95. The molecule has 0 aromatic heterocycles. The first-order chi connectivity index (χ1) is 4.41. The van der Waals surface area contributed by atoms with Crippen LogP contribution in [0.25, 0.3) is 0 Å². The molecule has 0 aliphatic heterocycles. The first-order valence-corrected chi connectivity index (χ1v) is 4.37. The van der Waals surface area contributed by atoms with E-state index in [0.717, 1.165) is 6.61 Å². The van der Waals surface area contributed by atoms with E-state index in [-0.39, 0.29) is 0 Å². The van der Waals surface area contributed by atoms with Gasteiger partial charge >= 0.3 is 6.31 Å². The quantitative estimate of drug-likeness (QED) is 0.463. The Bertz CT molecular complexity index is 46.3. The van der Waals surface area contributed by atoms with Crippen LogP contribution in [0.2, 0.25) is 0 Å². The van der Waals surface area contributed by atoms with Crippen LogP contribution in [-0.4, -0.2) is 12.9 Å². The molecule has 0 saturated carbocycles. The van der Waals surface area contributed by atoms with Gasteiger partial charge in [0.25, 0.3) is 0 Å². The lowest BCUT2D eigenvalue weighted by molar-refractivity contribution is 0.331. The van der Waals surface area contributed by atoms with E-state index in [1.54, 1.807) is 6.31 Å². The van der Waals surface area contributed by atoms with E-state index in [4.69, 9.17) is 4.65 Å². The van der Waals surface area contributed by atoms with Crippen LogP contribution in [0.5, 0.6) is 0 Å². The molecule has 3 heteroatoms. The second-order valence-electron chi connectivity index (χ2n) is 2.02. The zero-order valence-corrected chi connectivity index (χ0v) is 7.49. The van der Waals surface area contributed by atoms with Crippen molar-refractivity contribution in [3.05, 3.63) is 0 Å². The van der Waals surface area contributed by atoms with Crippen LogP contribution in [0.1, 0.15) is 32.6 Å². The summed E-state index contributed by atoms with van der Waals surface area (Å²) in [4.78, 5) is 0. The Labute approximate surface area is 66.4 Å². The lowest BCUT2D eigenvalue weighted by Gasteiger charge is -1.97. The first kappa shape index (κ1) is 9.50. The Morgan fingerprint density at radius 2 is 2.11 bits per heavy atom. The summed E-state index contributed by atoms with van der Waals surface area (Å²) in [6.07, 6.45) is 6.65. The Morgan fingerprint density at radius 3 is 2.67 bits per heavy atom. The van der Waals surface area contributed by atoms with E-state index in [0.29, 0.717) is 0 Å². The molecular weight excluding hydrogens is 179 g/mol. The minimum absolute atomic E-state index is 0.852. The Morgan fingerprint density at radius 1 is 1.33 bits per heavy atom. The van der Waals surface area contributed by atoms with E-state index in [9.17, 15) is 0 Å². The van der Waals surface area contributed by atoms with Crippen LogP contribution < -0.4 is 0 Å². The van der Waals surface area contributed by atoms with Crippen LogP contribution in [0.15, 0.2) is 0 Å². The zero-order valence-electron chi connectivity index (χ0n) is 5.90. The van der Waals surface area contributed by atoms with Gasteiger partial charge < -0.3 is 4.65 Å². The van der Waals surface area contributed by atoms with Gasteiger partial charge in [-0.15, -0.1) is 15.8 Å². The van der Waals surface area contributed by atoms with Gasteiger partial charge in [0, 0.05) is 6.61 Å². The molecule has 0 heterocycles. The summed E-state index contributed by atoms with van der Waals surface area (Å²) in [5, 5.41) is 0. The molecule has 0 N–H and O–H groups in total. The highest BCUT2D eigenvalue weighted by Crippen LogP contribution is 1.98. The van der Waals surface area contributed by atoms with Gasteiger partial charge in [0.2, 0.25) is 0 Å². The van der Waals surface area contributed by atoms with Crippen molar-refractivity contribution in [2.75, 3.05) is 6.61 Å². The number of unbranched alkanes of at least 4 members (excludes halogenated alkanes) is 3. The maximum atomic E-state index is 4.97. The van der Waals surface area contributed by atoms with Crippen molar-refractivity contribution in [3.63, 3.8) is 0 Å². The molecule has 0 spiro atoms. The van der Waals surface area contributed by atoms with Crippen LogP contribution in [0.4, 0.5) is 0 Å². The molecule has 0 saturated heterocycles. The molecule has 53 valence electrons. The lowest BCUT2D eigenvalue weighted by atomic mass is 10.2. The lowest BCUT2D eigenvalue weighted by Crippen LogP contribution is -1.93. The van der Waals surface area contributed by atoms with Gasteiger partial charge in [-0.25, -0.2) is 0 Å². The van der Waals surface area contributed by atoms with Crippen molar-refractivity contribution in [2.24, 2.45) is 0 Å². The molecular formula is C6H13BBrO. The molecule has 0 aliphatic rings. The predicted octanol–water partition coefficient (Wildman–Crippen LogP) is 2.51. The number of halogens is 1. The van der Waals surface area contributed by atoms with Gasteiger partial charge in [0.1, 0.15) is 0 Å². The van der Waals surface area contributed by atoms with Crippen LogP contribution >= 0.6 is 15.8 Å². The summed E-state index contributed by atoms with van der Waals surface area (Å²) in [7, 11) is 0. The molecule has 0 aliphatic carbocycles. The molecule has 0 atom stereocenters. The van der Waals surface area contributed by atoms with E-state index in [2.05, 4.69) is 22.7 Å². The second kappa shape index (κ2) is 8.50. The highest BCUT2D eigenvalue weighted by atomic mass is 79.9. The first-order valence-electron chi connectivity index (χ1n) is 3.45. The highest BCUT2D eigenvalue weighted by molar-refractivity contribution is 9.23. The molecule has 0 aromatic rings. The Balaban J connectivity index is 2.60. The van der Waals surface area contributed by atoms with Crippen LogP contribution in [-0.2, 0) is 4.65 Å². The Kier molecular flexibility index (Phi) is 8.98. The second-order valence-corrected chi connectivity index (χ2v) is 2.39. The third kappa shape index (κ3) is 8.50. The maximum absolute atomic E-state index is 4.97. The predicted molar refractivity (Wildman–Crippen MR) is 44.8 cm³/mol. The van der Waals surface area contributed by atoms with Gasteiger partial charge in [-0.3, -0.25) is 0 Å². The Hall–Kier alpha value is 0.505. The number of hydrogen-bond donors (Lipinski definition) is 0. The summed E-state index contributed by atoms with van der Waals surface area (Å²) >= 11 is 3.07. The third-order valence-electron chi connectivity index (χ3n) is 1.18. The summed E-state index contributed by atoms with van der Waals surface area (Å²) in [5.41, 5.74) is 0. The highest BCUT2D eigenvalue weighted by Gasteiger charge is 1.87. The fraction of sp³-hybridized carbons (Fsp3) is 1.00. The summed E-state index contributed by atoms with van der Waals surface area (Å²) < 4.78 is 4.97. The van der Waals surface area contributed by atoms with Gasteiger partial charge in [0.05, 0.1) is 0 Å². The van der Waals surface area contributed by atoms with Gasteiger partial charge in [-0.1, -0.05) is 26.2 Å². The molecule has 0 rings (SSSR count). The molecule has 1 nitrogen and oxygen atoms in total. The monoisotopic (exact) mass is 191 g/mol. The van der Waals surface area contributed by atoms with E-state index >= 15 is 0 Å². The standard InChI is InChI=1S/C6H13BBrO/c1-2-3-4-5-6-9-7-8/h2-6H2,1H3. The minimum Gasteiger partial charge on any atom is -0.428 e. The molecule has 1 radical (unpaired) electrons. The van der Waals surface area contributed by atoms with Crippen LogP contribution in [0.3, 0.4) is 0 Å². The number of hydrogen-bond acceptors (Lipinski definition) is 1. The van der Waals surface area contributed by atoms with Crippen molar-refractivity contribution >= 4 is 22.1 Å². The SMILES string of the molecule is CCCCCCO[B]Br. The molecule has 0 aromatic carbocycles.